The van der Waals surface area contributed by atoms with Crippen LogP contribution in [0.3, 0.4) is 0 Å². The highest BCUT2D eigenvalue weighted by molar-refractivity contribution is 7.99. The molecule has 1 amide bonds. The normalized spacial score (nSPS) is 15.1. The Kier molecular flexibility index (Phi) is 5.66. The van der Waals surface area contributed by atoms with Crippen LogP contribution in [0.1, 0.15) is 36.8 Å². The first-order valence-electron chi connectivity index (χ1n) is 9.60. The molecule has 3 aromatic rings. The van der Waals surface area contributed by atoms with Gasteiger partial charge in [0.15, 0.2) is 5.69 Å². The Labute approximate surface area is 184 Å². The molecular formula is C22H21ClN4O2S. The van der Waals surface area contributed by atoms with E-state index < -0.39 is 6.23 Å². The van der Waals surface area contributed by atoms with E-state index in [1.807, 2.05) is 45.0 Å². The van der Waals surface area contributed by atoms with Crippen LogP contribution in [0.15, 0.2) is 41.6 Å². The highest BCUT2D eigenvalue weighted by atomic mass is 35.5. The van der Waals surface area contributed by atoms with Crippen molar-refractivity contribution in [3.05, 3.63) is 58.1 Å². The summed E-state index contributed by atoms with van der Waals surface area (Å²) in [6.07, 6.45) is -0.737. The first kappa shape index (κ1) is 20.6. The van der Waals surface area contributed by atoms with Crippen molar-refractivity contribution in [2.75, 3.05) is 10.7 Å². The fraction of sp³-hybridized carbons (Fsp3) is 0.273. The van der Waals surface area contributed by atoms with E-state index in [0.717, 1.165) is 33.7 Å². The monoisotopic (exact) mass is 440 g/mol. The summed E-state index contributed by atoms with van der Waals surface area (Å²) in [4.78, 5) is 19.1. The number of aromatic nitrogens is 3. The van der Waals surface area contributed by atoms with Gasteiger partial charge in [-0.3, -0.25) is 9.69 Å². The molecule has 4 rings (SSSR count). The number of carbonyl (C=O) groups excluding carboxylic acids is 1. The first-order valence-corrected chi connectivity index (χ1v) is 11.0. The number of amides is 1. The average molecular weight is 441 g/mol. The molecule has 0 aliphatic carbocycles. The van der Waals surface area contributed by atoms with Crippen molar-refractivity contribution in [2.24, 2.45) is 0 Å². The summed E-state index contributed by atoms with van der Waals surface area (Å²) in [6, 6.07) is 11.3. The first-order chi connectivity index (χ1) is 14.4. The van der Waals surface area contributed by atoms with Gasteiger partial charge < -0.3 is 4.74 Å². The van der Waals surface area contributed by atoms with Crippen molar-refractivity contribution in [3.63, 3.8) is 0 Å². The van der Waals surface area contributed by atoms with Crippen LogP contribution >= 0.6 is 23.4 Å². The number of hydrogen-bond donors (Lipinski definition) is 0. The third kappa shape index (κ3) is 3.75. The van der Waals surface area contributed by atoms with Crippen LogP contribution in [0.2, 0.25) is 5.02 Å². The second-order valence-electron chi connectivity index (χ2n) is 7.07. The number of carbonyl (C=O) groups is 1. The number of ether oxygens (including phenoxy) is 1. The maximum Gasteiger partial charge on any atom is 0.247 e. The van der Waals surface area contributed by atoms with Crippen LogP contribution in [-0.2, 0) is 4.79 Å². The smallest absolute Gasteiger partial charge is 0.247 e. The zero-order valence-corrected chi connectivity index (χ0v) is 18.7. The van der Waals surface area contributed by atoms with Gasteiger partial charge in [-0.2, -0.15) is 4.98 Å². The number of thioether (sulfide) groups is 1. The maximum atomic E-state index is 12.9. The molecule has 8 heteroatoms. The van der Waals surface area contributed by atoms with Gasteiger partial charge in [-0.25, -0.2) is 0 Å². The lowest BCUT2D eigenvalue weighted by Crippen LogP contribution is -2.36. The molecule has 2 heterocycles. The van der Waals surface area contributed by atoms with Gasteiger partial charge in [-0.1, -0.05) is 54.0 Å². The van der Waals surface area contributed by atoms with E-state index in [1.54, 1.807) is 17.0 Å². The third-order valence-corrected chi connectivity index (χ3v) is 5.74. The minimum Gasteiger partial charge on any atom is -0.447 e. The SMILES string of the molecule is CCSc1nnc2c(n1)O[C@@H](c1cccc(Cl)c1)N(C(C)=O)c1c(C)cc(C)cc1-2. The Morgan fingerprint density at radius 3 is 2.73 bits per heavy atom. The number of hydrogen-bond acceptors (Lipinski definition) is 6. The molecule has 1 atom stereocenters. The predicted octanol–water partition coefficient (Wildman–Crippen LogP) is 5.36. The summed E-state index contributed by atoms with van der Waals surface area (Å²) in [5, 5.41) is 9.79. The van der Waals surface area contributed by atoms with E-state index in [-0.39, 0.29) is 5.91 Å². The van der Waals surface area contributed by atoms with Gasteiger partial charge in [0.05, 0.1) is 5.69 Å². The average Bonchev–Trinajstić information content (AvgIpc) is 2.83. The second-order valence-corrected chi connectivity index (χ2v) is 8.74. The Balaban J connectivity index is 2.02. The lowest BCUT2D eigenvalue weighted by atomic mass is 10.00. The molecule has 30 heavy (non-hydrogen) atoms. The zero-order chi connectivity index (χ0) is 21.4. The van der Waals surface area contributed by atoms with Crippen LogP contribution in [0, 0.1) is 13.8 Å². The summed E-state index contributed by atoms with van der Waals surface area (Å²) < 4.78 is 6.36. The molecular weight excluding hydrogens is 420 g/mol. The quantitative estimate of drug-likeness (QED) is 0.510. The van der Waals surface area contributed by atoms with Gasteiger partial charge in [0.2, 0.25) is 23.2 Å². The van der Waals surface area contributed by atoms with Crippen LogP contribution in [0.25, 0.3) is 11.3 Å². The molecule has 2 aromatic carbocycles. The van der Waals surface area contributed by atoms with Crippen molar-refractivity contribution in [1.29, 1.82) is 0 Å². The number of nitrogens with zero attached hydrogens (tertiary/aromatic N) is 4. The molecule has 0 saturated heterocycles. The predicted molar refractivity (Wildman–Crippen MR) is 119 cm³/mol. The molecule has 6 nitrogen and oxygen atoms in total. The topological polar surface area (TPSA) is 68.2 Å². The molecule has 0 unspecified atom stereocenters. The van der Waals surface area contributed by atoms with Gasteiger partial charge in [0, 0.05) is 23.1 Å². The summed E-state index contributed by atoms with van der Waals surface area (Å²) in [5.41, 5.74) is 4.78. The Morgan fingerprint density at radius 2 is 2.03 bits per heavy atom. The highest BCUT2D eigenvalue weighted by Crippen LogP contribution is 2.45. The molecule has 1 aliphatic heterocycles. The van der Waals surface area contributed by atoms with Crippen LogP contribution in [0.4, 0.5) is 5.69 Å². The number of rotatable bonds is 3. The van der Waals surface area contributed by atoms with Crippen LogP contribution in [0.5, 0.6) is 5.88 Å². The lowest BCUT2D eigenvalue weighted by Gasteiger charge is -2.31. The van der Waals surface area contributed by atoms with E-state index >= 15 is 0 Å². The van der Waals surface area contributed by atoms with Crippen LogP contribution in [-0.4, -0.2) is 26.8 Å². The van der Waals surface area contributed by atoms with E-state index in [1.165, 1.54) is 18.7 Å². The molecule has 154 valence electrons. The fourth-order valence-corrected chi connectivity index (χ4v) is 4.38. The molecule has 0 saturated carbocycles. The Hall–Kier alpha value is -2.64. The van der Waals surface area contributed by atoms with Gasteiger partial charge in [-0.15, -0.1) is 10.2 Å². The lowest BCUT2D eigenvalue weighted by molar-refractivity contribution is -0.118. The molecule has 0 spiro atoms. The number of fused-ring (bicyclic) bond motifs is 3. The summed E-state index contributed by atoms with van der Waals surface area (Å²) in [5.74, 6) is 1.00. The Morgan fingerprint density at radius 1 is 1.23 bits per heavy atom. The number of halogens is 1. The molecule has 0 N–H and O–H groups in total. The fourth-order valence-electron chi connectivity index (χ4n) is 3.68. The molecule has 1 aliphatic rings. The van der Waals surface area contributed by atoms with Gasteiger partial charge in [-0.05, 0) is 43.4 Å². The zero-order valence-electron chi connectivity index (χ0n) is 17.1. The van der Waals surface area contributed by atoms with Gasteiger partial charge >= 0.3 is 0 Å². The van der Waals surface area contributed by atoms with E-state index in [4.69, 9.17) is 16.3 Å². The van der Waals surface area contributed by atoms with Gasteiger partial charge in [0.25, 0.3) is 0 Å². The van der Waals surface area contributed by atoms with E-state index in [0.29, 0.717) is 21.8 Å². The largest absolute Gasteiger partial charge is 0.447 e. The molecule has 0 fully saturated rings. The molecule has 1 aromatic heterocycles. The standard InChI is InChI=1S/C22H21ClN4O2S/c1-5-30-22-24-20-18(25-26-22)17-10-12(2)9-13(3)19(17)27(14(4)28)21(29-20)15-7-6-8-16(23)11-15/h6-11,21H,5H2,1-4H3/t21-/m0/s1. The van der Waals surface area contributed by atoms with Gasteiger partial charge in [0.1, 0.15) is 0 Å². The Bertz CT molecular complexity index is 1140. The number of aryl methyl sites for hydroxylation is 2. The summed E-state index contributed by atoms with van der Waals surface area (Å²) in [6.45, 7) is 7.53. The minimum absolute atomic E-state index is 0.155. The van der Waals surface area contributed by atoms with Crippen LogP contribution < -0.4 is 9.64 Å². The van der Waals surface area contributed by atoms with Crippen molar-refractivity contribution in [1.82, 2.24) is 15.2 Å². The summed E-state index contributed by atoms with van der Waals surface area (Å²) in [7, 11) is 0. The number of benzene rings is 2. The van der Waals surface area contributed by atoms with Crippen molar-refractivity contribution < 1.29 is 9.53 Å². The van der Waals surface area contributed by atoms with E-state index in [9.17, 15) is 4.79 Å². The second kappa shape index (κ2) is 8.24. The van der Waals surface area contributed by atoms with Crippen molar-refractivity contribution >= 4 is 35.0 Å². The number of anilines is 1. The highest BCUT2D eigenvalue weighted by Gasteiger charge is 2.35. The maximum absolute atomic E-state index is 12.9. The van der Waals surface area contributed by atoms with E-state index in [2.05, 4.69) is 15.2 Å². The minimum atomic E-state index is -0.737. The molecule has 0 radical (unpaired) electrons. The van der Waals surface area contributed by atoms with Crippen molar-refractivity contribution in [2.45, 2.75) is 39.1 Å². The summed E-state index contributed by atoms with van der Waals surface area (Å²) >= 11 is 7.73. The van der Waals surface area contributed by atoms with Crippen molar-refractivity contribution in [3.8, 4) is 17.1 Å². The third-order valence-electron chi connectivity index (χ3n) is 4.78. The molecule has 0 bridgehead atoms.